The third-order valence-electron chi connectivity index (χ3n) is 2.03. The van der Waals surface area contributed by atoms with Crippen molar-refractivity contribution < 1.29 is 0 Å². The van der Waals surface area contributed by atoms with Crippen molar-refractivity contribution in [2.45, 2.75) is 6.54 Å². The molecule has 0 fully saturated rings. The molecular weight excluding hydrogens is 176 g/mol. The summed E-state index contributed by atoms with van der Waals surface area (Å²) in [5.74, 6) is 0. The summed E-state index contributed by atoms with van der Waals surface area (Å²) in [6.45, 7) is 0.807. The summed E-state index contributed by atoms with van der Waals surface area (Å²) < 4.78 is 1.98. The lowest BCUT2D eigenvalue weighted by atomic mass is 10.2. The quantitative estimate of drug-likeness (QED) is 0.781. The van der Waals surface area contributed by atoms with Crippen LogP contribution >= 0.6 is 0 Å². The molecule has 14 heavy (non-hydrogen) atoms. The van der Waals surface area contributed by atoms with Crippen molar-refractivity contribution in [3.05, 3.63) is 42.7 Å². The van der Waals surface area contributed by atoms with Gasteiger partial charge in [-0.25, -0.2) is 4.98 Å². The fourth-order valence-corrected chi connectivity index (χ4v) is 1.40. The van der Waals surface area contributed by atoms with Crippen LogP contribution in [0, 0.1) is 0 Å². The van der Waals surface area contributed by atoms with Crippen molar-refractivity contribution in [3.63, 3.8) is 0 Å². The van der Waals surface area contributed by atoms with Crippen molar-refractivity contribution in [2.24, 2.45) is 0 Å². The van der Waals surface area contributed by atoms with E-state index in [2.05, 4.69) is 15.3 Å². The number of aromatic nitrogens is 3. The molecule has 4 heteroatoms. The highest BCUT2D eigenvalue weighted by atomic mass is 15.0. The van der Waals surface area contributed by atoms with Crippen LogP contribution in [-0.2, 0) is 6.54 Å². The Morgan fingerprint density at radius 1 is 1.36 bits per heavy atom. The van der Waals surface area contributed by atoms with Crippen LogP contribution in [0.25, 0.3) is 5.69 Å². The first kappa shape index (κ1) is 8.90. The number of hydrogen-bond acceptors (Lipinski definition) is 3. The SMILES string of the molecule is CNCc1cnccc1-n1ccnc1. The highest BCUT2D eigenvalue weighted by Gasteiger charge is 2.02. The Morgan fingerprint density at radius 3 is 3.00 bits per heavy atom. The number of pyridine rings is 1. The maximum Gasteiger partial charge on any atom is 0.0991 e. The molecule has 0 unspecified atom stereocenters. The van der Waals surface area contributed by atoms with Gasteiger partial charge in [0.1, 0.15) is 0 Å². The maximum atomic E-state index is 4.10. The molecule has 0 aliphatic carbocycles. The molecule has 4 nitrogen and oxygen atoms in total. The zero-order valence-electron chi connectivity index (χ0n) is 8.01. The molecule has 0 bridgehead atoms. The number of nitrogens with one attached hydrogen (secondary N) is 1. The molecule has 0 amide bonds. The monoisotopic (exact) mass is 188 g/mol. The van der Waals surface area contributed by atoms with Gasteiger partial charge >= 0.3 is 0 Å². The number of rotatable bonds is 3. The van der Waals surface area contributed by atoms with E-state index < -0.39 is 0 Å². The Labute approximate surface area is 82.6 Å². The van der Waals surface area contributed by atoms with E-state index in [0.29, 0.717) is 0 Å². The van der Waals surface area contributed by atoms with Gasteiger partial charge in [-0.3, -0.25) is 4.98 Å². The van der Waals surface area contributed by atoms with E-state index in [4.69, 9.17) is 0 Å². The molecule has 1 N–H and O–H groups in total. The normalized spacial score (nSPS) is 10.4. The van der Waals surface area contributed by atoms with Crippen LogP contribution in [0.5, 0.6) is 0 Å². The largest absolute Gasteiger partial charge is 0.316 e. The highest BCUT2D eigenvalue weighted by molar-refractivity contribution is 5.38. The Morgan fingerprint density at radius 2 is 2.29 bits per heavy atom. The van der Waals surface area contributed by atoms with Crippen LogP contribution in [0.2, 0.25) is 0 Å². The van der Waals surface area contributed by atoms with Gasteiger partial charge < -0.3 is 9.88 Å². The van der Waals surface area contributed by atoms with E-state index in [9.17, 15) is 0 Å². The second-order valence-electron chi connectivity index (χ2n) is 3.00. The molecule has 0 saturated carbocycles. The number of nitrogens with zero attached hydrogens (tertiary/aromatic N) is 3. The van der Waals surface area contributed by atoms with E-state index in [1.165, 1.54) is 0 Å². The fraction of sp³-hybridized carbons (Fsp3) is 0.200. The second kappa shape index (κ2) is 4.02. The molecule has 0 spiro atoms. The van der Waals surface area contributed by atoms with E-state index in [0.717, 1.165) is 17.8 Å². The summed E-state index contributed by atoms with van der Waals surface area (Å²) in [4.78, 5) is 8.12. The zero-order chi connectivity index (χ0) is 9.80. The van der Waals surface area contributed by atoms with E-state index >= 15 is 0 Å². The Kier molecular flexibility index (Phi) is 2.55. The predicted octanol–water partition coefficient (Wildman–Crippen LogP) is 0.987. The summed E-state index contributed by atoms with van der Waals surface area (Å²) in [5, 5.41) is 3.11. The first-order valence-corrected chi connectivity index (χ1v) is 4.47. The smallest absolute Gasteiger partial charge is 0.0991 e. The first-order valence-electron chi connectivity index (χ1n) is 4.47. The minimum Gasteiger partial charge on any atom is -0.316 e. The predicted molar refractivity (Wildman–Crippen MR) is 54.1 cm³/mol. The van der Waals surface area contributed by atoms with Gasteiger partial charge in [0.05, 0.1) is 12.0 Å². The molecule has 0 aromatic carbocycles. The van der Waals surface area contributed by atoms with E-state index in [1.807, 2.05) is 30.1 Å². The molecule has 2 heterocycles. The third-order valence-corrected chi connectivity index (χ3v) is 2.03. The van der Waals surface area contributed by atoms with Crippen LogP contribution < -0.4 is 5.32 Å². The van der Waals surface area contributed by atoms with Gasteiger partial charge in [0, 0.05) is 36.9 Å². The topological polar surface area (TPSA) is 42.7 Å². The lowest BCUT2D eigenvalue weighted by Gasteiger charge is -2.08. The third kappa shape index (κ3) is 1.65. The molecule has 0 aliphatic rings. The second-order valence-corrected chi connectivity index (χ2v) is 3.00. The van der Waals surface area contributed by atoms with Crippen molar-refractivity contribution in [1.29, 1.82) is 0 Å². The molecular formula is C10H12N4. The molecule has 72 valence electrons. The van der Waals surface area contributed by atoms with Crippen LogP contribution in [0.1, 0.15) is 5.56 Å². The van der Waals surface area contributed by atoms with E-state index in [-0.39, 0.29) is 0 Å². The van der Waals surface area contributed by atoms with Gasteiger partial charge in [-0.1, -0.05) is 0 Å². The fourth-order valence-electron chi connectivity index (χ4n) is 1.40. The zero-order valence-corrected chi connectivity index (χ0v) is 8.01. The maximum absolute atomic E-state index is 4.10. The van der Waals surface area contributed by atoms with Crippen LogP contribution in [-0.4, -0.2) is 21.6 Å². The average molecular weight is 188 g/mol. The number of imidazole rings is 1. The van der Waals surface area contributed by atoms with Crippen molar-refractivity contribution >= 4 is 0 Å². The van der Waals surface area contributed by atoms with Crippen molar-refractivity contribution in [3.8, 4) is 5.69 Å². The van der Waals surface area contributed by atoms with Crippen molar-refractivity contribution in [1.82, 2.24) is 19.9 Å². The molecule has 0 atom stereocenters. The van der Waals surface area contributed by atoms with Crippen molar-refractivity contribution in [2.75, 3.05) is 7.05 Å². The van der Waals surface area contributed by atoms with Gasteiger partial charge in [-0.15, -0.1) is 0 Å². The summed E-state index contributed by atoms with van der Waals surface area (Å²) in [6.07, 6.45) is 9.13. The Balaban J connectivity index is 2.42. The molecule has 0 radical (unpaired) electrons. The Hall–Kier alpha value is -1.68. The standard InChI is InChI=1S/C10H12N4/c1-11-6-9-7-12-3-2-10(9)14-5-4-13-8-14/h2-5,7-8,11H,6H2,1H3. The van der Waals surface area contributed by atoms with Gasteiger partial charge in [0.25, 0.3) is 0 Å². The van der Waals surface area contributed by atoms with Crippen LogP contribution in [0.3, 0.4) is 0 Å². The summed E-state index contributed by atoms with van der Waals surface area (Å²) in [7, 11) is 1.92. The minimum atomic E-state index is 0.807. The lowest BCUT2D eigenvalue weighted by Crippen LogP contribution is -2.08. The minimum absolute atomic E-state index is 0.807. The average Bonchev–Trinajstić information content (AvgIpc) is 2.72. The number of hydrogen-bond donors (Lipinski definition) is 1. The van der Waals surface area contributed by atoms with Gasteiger partial charge in [-0.2, -0.15) is 0 Å². The Bertz CT molecular complexity index is 394. The lowest BCUT2D eigenvalue weighted by molar-refractivity contribution is 0.802. The molecule has 2 aromatic rings. The summed E-state index contributed by atoms with van der Waals surface area (Å²) in [5.41, 5.74) is 2.28. The summed E-state index contributed by atoms with van der Waals surface area (Å²) in [6, 6.07) is 1.98. The van der Waals surface area contributed by atoms with Gasteiger partial charge in [0.15, 0.2) is 0 Å². The molecule has 2 rings (SSSR count). The van der Waals surface area contributed by atoms with Gasteiger partial charge in [-0.05, 0) is 13.1 Å². The molecule has 2 aromatic heterocycles. The van der Waals surface area contributed by atoms with Gasteiger partial charge in [0.2, 0.25) is 0 Å². The van der Waals surface area contributed by atoms with E-state index in [1.54, 1.807) is 18.7 Å². The summed E-state index contributed by atoms with van der Waals surface area (Å²) >= 11 is 0. The molecule has 0 saturated heterocycles. The molecule has 0 aliphatic heterocycles. The van der Waals surface area contributed by atoms with Crippen LogP contribution in [0.15, 0.2) is 37.2 Å². The highest BCUT2D eigenvalue weighted by Crippen LogP contribution is 2.11. The van der Waals surface area contributed by atoms with Crippen LogP contribution in [0.4, 0.5) is 0 Å². The first-order chi connectivity index (χ1) is 6.92.